The first-order valence-electron chi connectivity index (χ1n) is 4.38. The number of aliphatic carboxylic acids is 1. The van der Waals surface area contributed by atoms with E-state index in [1.807, 2.05) is 0 Å². The highest BCUT2D eigenvalue weighted by Crippen LogP contribution is 2.15. The van der Waals surface area contributed by atoms with Crippen LogP contribution in [0.5, 0.6) is 0 Å². The van der Waals surface area contributed by atoms with Crippen molar-refractivity contribution in [3.05, 3.63) is 0 Å². The molecule has 5 heteroatoms. The first-order valence-corrected chi connectivity index (χ1v) is 4.38. The van der Waals surface area contributed by atoms with Gasteiger partial charge in [-0.15, -0.1) is 0 Å². The third-order valence-corrected chi connectivity index (χ3v) is 2.32. The Morgan fingerprint density at radius 1 is 1.69 bits per heavy atom. The third kappa shape index (κ3) is 1.80. The van der Waals surface area contributed by atoms with Crippen LogP contribution in [0.4, 0.5) is 0 Å². The van der Waals surface area contributed by atoms with Crippen molar-refractivity contribution in [2.45, 2.75) is 12.5 Å². The lowest BCUT2D eigenvalue weighted by atomic mass is 10.00. The number of carboxylic acid groups (broad SMARTS) is 1. The number of carbonyl (C=O) groups is 1. The maximum atomic E-state index is 10.5. The van der Waals surface area contributed by atoms with Crippen LogP contribution in [0.1, 0.15) is 6.42 Å². The highest BCUT2D eigenvalue weighted by Gasteiger charge is 2.28. The molecule has 2 N–H and O–H groups in total. The van der Waals surface area contributed by atoms with Gasteiger partial charge in [-0.1, -0.05) is 0 Å². The summed E-state index contributed by atoms with van der Waals surface area (Å²) in [6.07, 6.45) is 0.775. The molecule has 72 valence electrons. The van der Waals surface area contributed by atoms with Crippen molar-refractivity contribution >= 4 is 11.9 Å². The molecule has 2 heterocycles. The number of ether oxygens (including phenoxy) is 1. The number of hydrogen-bond donors (Lipinski definition) is 2. The lowest BCUT2D eigenvalue weighted by molar-refractivity contribution is -0.138. The molecule has 1 atom stereocenters. The van der Waals surface area contributed by atoms with E-state index in [-0.39, 0.29) is 6.61 Å². The average Bonchev–Trinajstić information content (AvgIpc) is 2.44. The Bertz CT molecular complexity index is 248. The summed E-state index contributed by atoms with van der Waals surface area (Å²) in [5, 5.41) is 11.8. The fourth-order valence-corrected chi connectivity index (χ4v) is 1.40. The minimum Gasteiger partial charge on any atom is -0.480 e. The van der Waals surface area contributed by atoms with Crippen LogP contribution in [0.2, 0.25) is 0 Å². The Morgan fingerprint density at radius 2 is 2.46 bits per heavy atom. The zero-order valence-corrected chi connectivity index (χ0v) is 7.19. The zero-order chi connectivity index (χ0) is 9.26. The van der Waals surface area contributed by atoms with E-state index in [1.54, 1.807) is 0 Å². The number of rotatable bonds is 3. The van der Waals surface area contributed by atoms with Crippen molar-refractivity contribution in [2.75, 3.05) is 19.7 Å². The molecule has 0 amide bonds. The Hall–Kier alpha value is -1.10. The van der Waals surface area contributed by atoms with Gasteiger partial charge in [0.05, 0.1) is 0 Å². The summed E-state index contributed by atoms with van der Waals surface area (Å²) in [7, 11) is 0. The average molecular weight is 184 g/mol. The van der Waals surface area contributed by atoms with Crippen molar-refractivity contribution in [3.8, 4) is 0 Å². The van der Waals surface area contributed by atoms with Crippen LogP contribution in [0.3, 0.4) is 0 Å². The second-order valence-corrected chi connectivity index (χ2v) is 3.42. The first-order chi connectivity index (χ1) is 6.25. The Balaban J connectivity index is 1.86. The molecule has 0 saturated carbocycles. The van der Waals surface area contributed by atoms with Crippen molar-refractivity contribution < 1.29 is 14.6 Å². The van der Waals surface area contributed by atoms with Gasteiger partial charge in [-0.3, -0.25) is 0 Å². The Morgan fingerprint density at radius 3 is 2.92 bits per heavy atom. The number of aliphatic imine (C=N–C) groups is 1. The third-order valence-electron chi connectivity index (χ3n) is 2.32. The zero-order valence-electron chi connectivity index (χ0n) is 7.19. The second kappa shape index (κ2) is 3.33. The fraction of sp³-hybridized carbons (Fsp3) is 0.750. The molecule has 1 unspecified atom stereocenters. The van der Waals surface area contributed by atoms with Crippen LogP contribution in [-0.4, -0.2) is 42.7 Å². The predicted molar refractivity (Wildman–Crippen MR) is 45.8 cm³/mol. The molecule has 2 aliphatic heterocycles. The molecule has 1 fully saturated rings. The van der Waals surface area contributed by atoms with Gasteiger partial charge in [0.2, 0.25) is 0 Å². The van der Waals surface area contributed by atoms with Gasteiger partial charge in [-0.2, -0.15) is 0 Å². The smallest absolute Gasteiger partial charge is 0.332 e. The van der Waals surface area contributed by atoms with Gasteiger partial charge in [0.15, 0.2) is 11.9 Å². The maximum Gasteiger partial charge on any atom is 0.332 e. The predicted octanol–water partition coefficient (Wildman–Crippen LogP) is -0.522. The van der Waals surface area contributed by atoms with Gasteiger partial charge < -0.3 is 15.2 Å². The molecule has 0 bridgehead atoms. The summed E-state index contributed by atoms with van der Waals surface area (Å²) in [4.78, 5) is 14.5. The van der Waals surface area contributed by atoms with Gasteiger partial charge >= 0.3 is 5.97 Å². The number of nitrogens with zero attached hydrogens (tertiary/aromatic N) is 1. The summed E-state index contributed by atoms with van der Waals surface area (Å²) in [6, 6.07) is -0.678. The standard InChI is InChI=1S/C8H12N2O3/c11-8(12)6-4-13-7(10-6)1-5-2-9-3-5/h5-6,9H,1-4H2,(H,11,12). The monoisotopic (exact) mass is 184 g/mol. The normalized spacial score (nSPS) is 27.7. The molecule has 0 spiro atoms. The van der Waals surface area contributed by atoms with E-state index in [1.165, 1.54) is 0 Å². The van der Waals surface area contributed by atoms with Crippen molar-refractivity contribution in [1.29, 1.82) is 0 Å². The molecule has 1 saturated heterocycles. The molecule has 0 radical (unpaired) electrons. The molecule has 2 aliphatic rings. The van der Waals surface area contributed by atoms with Gasteiger partial charge in [-0.05, 0) is 19.0 Å². The van der Waals surface area contributed by atoms with Gasteiger partial charge in [-0.25, -0.2) is 9.79 Å². The van der Waals surface area contributed by atoms with E-state index < -0.39 is 12.0 Å². The number of carboxylic acids is 1. The minimum absolute atomic E-state index is 0.199. The molecule has 0 aromatic heterocycles. The Labute approximate surface area is 75.8 Å². The van der Waals surface area contributed by atoms with Crippen molar-refractivity contribution in [3.63, 3.8) is 0 Å². The van der Waals surface area contributed by atoms with Crippen molar-refractivity contribution in [1.82, 2.24) is 5.32 Å². The highest BCUT2D eigenvalue weighted by atomic mass is 16.5. The van der Waals surface area contributed by atoms with Crippen LogP contribution in [0.25, 0.3) is 0 Å². The molecule has 0 aliphatic carbocycles. The highest BCUT2D eigenvalue weighted by molar-refractivity contribution is 5.84. The van der Waals surface area contributed by atoms with Crippen LogP contribution >= 0.6 is 0 Å². The molecular weight excluding hydrogens is 172 g/mol. The fourth-order valence-electron chi connectivity index (χ4n) is 1.40. The van der Waals surface area contributed by atoms with Crippen molar-refractivity contribution in [2.24, 2.45) is 10.9 Å². The topological polar surface area (TPSA) is 70.9 Å². The number of nitrogens with one attached hydrogen (secondary N) is 1. The summed E-state index contributed by atoms with van der Waals surface area (Å²) in [5.74, 6) is 0.284. The van der Waals surface area contributed by atoms with Crippen LogP contribution in [0.15, 0.2) is 4.99 Å². The SMILES string of the molecule is O=C(O)C1COC(CC2CNC2)=N1. The first kappa shape index (κ1) is 8.50. The molecule has 5 nitrogen and oxygen atoms in total. The van der Waals surface area contributed by atoms with E-state index in [9.17, 15) is 4.79 Å². The lowest BCUT2D eigenvalue weighted by Gasteiger charge is -2.26. The van der Waals surface area contributed by atoms with E-state index in [0.717, 1.165) is 19.5 Å². The quantitative estimate of drug-likeness (QED) is 0.619. The minimum atomic E-state index is -0.901. The molecular formula is C8H12N2O3. The number of hydrogen-bond acceptors (Lipinski definition) is 4. The van der Waals surface area contributed by atoms with Crippen LogP contribution < -0.4 is 5.32 Å². The summed E-state index contributed by atoms with van der Waals surface area (Å²) >= 11 is 0. The largest absolute Gasteiger partial charge is 0.480 e. The molecule has 13 heavy (non-hydrogen) atoms. The molecule has 0 aromatic carbocycles. The molecule has 2 rings (SSSR count). The van der Waals surface area contributed by atoms with Crippen LogP contribution in [0, 0.1) is 5.92 Å². The Kier molecular flexibility index (Phi) is 2.18. The maximum absolute atomic E-state index is 10.5. The van der Waals surface area contributed by atoms with E-state index >= 15 is 0 Å². The summed E-state index contributed by atoms with van der Waals surface area (Å²) in [5.41, 5.74) is 0. The van der Waals surface area contributed by atoms with Gasteiger partial charge in [0, 0.05) is 6.42 Å². The lowest BCUT2D eigenvalue weighted by Crippen LogP contribution is -2.42. The van der Waals surface area contributed by atoms with Crippen LogP contribution in [-0.2, 0) is 9.53 Å². The summed E-state index contributed by atoms with van der Waals surface area (Å²) < 4.78 is 5.17. The molecule has 0 aromatic rings. The van der Waals surface area contributed by atoms with Gasteiger partial charge in [0.25, 0.3) is 0 Å². The van der Waals surface area contributed by atoms with E-state index in [4.69, 9.17) is 9.84 Å². The van der Waals surface area contributed by atoms with E-state index in [2.05, 4.69) is 10.3 Å². The summed E-state index contributed by atoms with van der Waals surface area (Å²) in [6.45, 7) is 2.17. The van der Waals surface area contributed by atoms with Gasteiger partial charge in [0.1, 0.15) is 6.61 Å². The second-order valence-electron chi connectivity index (χ2n) is 3.42. The van der Waals surface area contributed by atoms with E-state index in [0.29, 0.717) is 11.8 Å².